The van der Waals surface area contributed by atoms with Gasteiger partial charge in [0.15, 0.2) is 0 Å². The van der Waals surface area contributed by atoms with Gasteiger partial charge in [0.05, 0.1) is 0 Å². The van der Waals surface area contributed by atoms with Crippen molar-refractivity contribution in [1.82, 2.24) is 10.2 Å². The maximum absolute atomic E-state index is 11.0. The first-order chi connectivity index (χ1) is 4.61. The fourth-order valence-corrected chi connectivity index (χ4v) is 0.857. The minimum Gasteiger partial charge on any atom is -0.343 e. The van der Waals surface area contributed by atoms with E-state index in [-0.39, 0.29) is 17.9 Å². The predicted octanol–water partition coefficient (Wildman–Crippen LogP) is -0.875. The second-order valence-corrected chi connectivity index (χ2v) is 2.31. The minimum atomic E-state index is -0.387. The number of carbonyl (C=O) groups excluding carboxylic acids is 2. The first-order valence-electron chi connectivity index (χ1n) is 3.03. The SMILES string of the molecule is CC1NC(=O)[CH]N(C)C1=O. The van der Waals surface area contributed by atoms with E-state index in [1.807, 2.05) is 0 Å². The van der Waals surface area contributed by atoms with Gasteiger partial charge in [-0.25, -0.2) is 0 Å². The number of hydrogen-bond acceptors (Lipinski definition) is 2. The van der Waals surface area contributed by atoms with Gasteiger partial charge in [0.25, 0.3) is 0 Å². The highest BCUT2D eigenvalue weighted by Gasteiger charge is 2.26. The first kappa shape index (κ1) is 7.05. The van der Waals surface area contributed by atoms with E-state index >= 15 is 0 Å². The lowest BCUT2D eigenvalue weighted by atomic mass is 10.2. The molecule has 0 aromatic rings. The highest BCUT2D eigenvalue weighted by atomic mass is 16.2. The Labute approximate surface area is 59.2 Å². The summed E-state index contributed by atoms with van der Waals surface area (Å²) < 4.78 is 0. The van der Waals surface area contributed by atoms with Crippen molar-refractivity contribution < 1.29 is 9.59 Å². The second kappa shape index (κ2) is 2.28. The third-order valence-electron chi connectivity index (χ3n) is 1.39. The minimum absolute atomic E-state index is 0.0837. The summed E-state index contributed by atoms with van der Waals surface area (Å²) in [5.41, 5.74) is 0. The molecule has 4 heteroatoms. The Bertz CT molecular complexity index is 163. The summed E-state index contributed by atoms with van der Waals surface area (Å²) in [4.78, 5) is 22.9. The van der Waals surface area contributed by atoms with Crippen molar-refractivity contribution in [1.29, 1.82) is 0 Å². The van der Waals surface area contributed by atoms with Crippen LogP contribution < -0.4 is 5.32 Å². The zero-order chi connectivity index (χ0) is 7.72. The van der Waals surface area contributed by atoms with Crippen LogP contribution in [-0.4, -0.2) is 29.8 Å². The van der Waals surface area contributed by atoms with E-state index in [0.29, 0.717) is 0 Å². The number of amides is 2. The van der Waals surface area contributed by atoms with E-state index < -0.39 is 0 Å². The Hall–Kier alpha value is -1.06. The van der Waals surface area contributed by atoms with E-state index in [2.05, 4.69) is 5.32 Å². The van der Waals surface area contributed by atoms with E-state index in [1.54, 1.807) is 14.0 Å². The summed E-state index contributed by atoms with van der Waals surface area (Å²) >= 11 is 0. The predicted molar refractivity (Wildman–Crippen MR) is 34.7 cm³/mol. The molecule has 2 amide bonds. The summed E-state index contributed by atoms with van der Waals surface area (Å²) in [6, 6.07) is -0.387. The van der Waals surface area contributed by atoms with E-state index in [4.69, 9.17) is 0 Å². The summed E-state index contributed by atoms with van der Waals surface area (Å²) in [5.74, 6) is -0.297. The number of rotatable bonds is 0. The van der Waals surface area contributed by atoms with Crippen molar-refractivity contribution in [3.05, 3.63) is 6.54 Å². The maximum atomic E-state index is 11.0. The molecule has 1 aliphatic heterocycles. The van der Waals surface area contributed by atoms with Gasteiger partial charge < -0.3 is 10.2 Å². The molecule has 1 radical (unpaired) electrons. The first-order valence-corrected chi connectivity index (χ1v) is 3.03. The van der Waals surface area contributed by atoms with Crippen molar-refractivity contribution in [3.63, 3.8) is 0 Å². The molecule has 1 unspecified atom stereocenters. The summed E-state index contributed by atoms with van der Waals surface area (Å²) in [6.07, 6.45) is 0. The third kappa shape index (κ3) is 1.10. The average Bonchev–Trinajstić information content (AvgIpc) is 1.82. The van der Waals surface area contributed by atoms with Crippen LogP contribution in [0.15, 0.2) is 0 Å². The van der Waals surface area contributed by atoms with Gasteiger partial charge >= 0.3 is 0 Å². The molecule has 1 N–H and O–H groups in total. The molecule has 1 aliphatic rings. The van der Waals surface area contributed by atoms with Crippen LogP contribution in [0.2, 0.25) is 0 Å². The van der Waals surface area contributed by atoms with Crippen LogP contribution in [0.25, 0.3) is 0 Å². The summed E-state index contributed by atoms with van der Waals surface area (Å²) in [6.45, 7) is 2.89. The van der Waals surface area contributed by atoms with Gasteiger partial charge in [0.2, 0.25) is 11.8 Å². The third-order valence-corrected chi connectivity index (χ3v) is 1.39. The summed E-state index contributed by atoms with van der Waals surface area (Å²) in [5, 5.41) is 2.47. The molecule has 4 nitrogen and oxygen atoms in total. The maximum Gasteiger partial charge on any atom is 0.246 e. The van der Waals surface area contributed by atoms with Crippen molar-refractivity contribution in [2.24, 2.45) is 0 Å². The van der Waals surface area contributed by atoms with E-state index in [1.165, 1.54) is 11.4 Å². The Morgan fingerprint density at radius 2 is 2.20 bits per heavy atom. The highest BCUT2D eigenvalue weighted by molar-refractivity contribution is 5.98. The lowest BCUT2D eigenvalue weighted by Crippen LogP contribution is -2.52. The van der Waals surface area contributed by atoms with Crippen LogP contribution in [0, 0.1) is 6.54 Å². The standard InChI is InChI=1S/C6H9N2O2/c1-4-6(10)8(2)3-5(9)7-4/h3-4H,1-2H3,(H,7,9). The molecule has 1 saturated heterocycles. The highest BCUT2D eigenvalue weighted by Crippen LogP contribution is 2.01. The number of hydrogen-bond donors (Lipinski definition) is 1. The van der Waals surface area contributed by atoms with E-state index in [0.717, 1.165) is 0 Å². The number of likely N-dealkylation sites (N-methyl/N-ethyl adjacent to an activating group) is 1. The molecule has 0 spiro atoms. The molecule has 55 valence electrons. The van der Waals surface area contributed by atoms with Gasteiger partial charge in [0, 0.05) is 7.05 Å². The smallest absolute Gasteiger partial charge is 0.246 e. The molecule has 1 atom stereocenters. The fourth-order valence-electron chi connectivity index (χ4n) is 0.857. The zero-order valence-electron chi connectivity index (χ0n) is 5.92. The van der Waals surface area contributed by atoms with Crippen LogP contribution in [-0.2, 0) is 9.59 Å². The number of piperazine rings is 1. The lowest BCUT2D eigenvalue weighted by molar-refractivity contribution is -0.139. The Kier molecular flexibility index (Phi) is 1.61. The normalized spacial score (nSPS) is 26.6. The van der Waals surface area contributed by atoms with Gasteiger partial charge in [-0.05, 0) is 6.92 Å². The largest absolute Gasteiger partial charge is 0.343 e. The molecule has 1 fully saturated rings. The second-order valence-electron chi connectivity index (χ2n) is 2.31. The van der Waals surface area contributed by atoms with Crippen molar-refractivity contribution in [2.75, 3.05) is 7.05 Å². The van der Waals surface area contributed by atoms with Gasteiger partial charge in [-0.15, -0.1) is 0 Å². The molecule has 1 heterocycles. The van der Waals surface area contributed by atoms with Crippen molar-refractivity contribution in [2.45, 2.75) is 13.0 Å². The van der Waals surface area contributed by atoms with Gasteiger partial charge in [-0.1, -0.05) is 0 Å². The molecular formula is C6H9N2O2. The van der Waals surface area contributed by atoms with Crippen LogP contribution in [0.3, 0.4) is 0 Å². The van der Waals surface area contributed by atoms with E-state index in [9.17, 15) is 9.59 Å². The number of carbonyl (C=O) groups is 2. The van der Waals surface area contributed by atoms with Crippen LogP contribution >= 0.6 is 0 Å². The van der Waals surface area contributed by atoms with Gasteiger partial charge in [-0.3, -0.25) is 9.59 Å². The van der Waals surface area contributed by atoms with Crippen LogP contribution in [0.1, 0.15) is 6.92 Å². The lowest BCUT2D eigenvalue weighted by Gasteiger charge is -2.26. The molecule has 0 saturated carbocycles. The fraction of sp³-hybridized carbons (Fsp3) is 0.500. The molecule has 0 aromatic heterocycles. The average molecular weight is 141 g/mol. The quantitative estimate of drug-likeness (QED) is 0.476. The Balaban J connectivity index is 2.66. The monoisotopic (exact) mass is 141 g/mol. The molecule has 1 rings (SSSR count). The summed E-state index contributed by atoms with van der Waals surface area (Å²) in [7, 11) is 1.57. The van der Waals surface area contributed by atoms with Gasteiger partial charge in [0.1, 0.15) is 12.6 Å². The van der Waals surface area contributed by atoms with Crippen molar-refractivity contribution in [3.8, 4) is 0 Å². The number of nitrogens with one attached hydrogen (secondary N) is 1. The molecule has 0 aromatic carbocycles. The molecular weight excluding hydrogens is 132 g/mol. The van der Waals surface area contributed by atoms with Crippen LogP contribution in [0.4, 0.5) is 0 Å². The number of nitrogens with zero attached hydrogens (tertiary/aromatic N) is 1. The Morgan fingerprint density at radius 1 is 1.60 bits per heavy atom. The molecule has 0 bridgehead atoms. The van der Waals surface area contributed by atoms with Crippen molar-refractivity contribution >= 4 is 11.8 Å². The Morgan fingerprint density at radius 3 is 2.70 bits per heavy atom. The zero-order valence-corrected chi connectivity index (χ0v) is 5.92. The molecule has 10 heavy (non-hydrogen) atoms. The topological polar surface area (TPSA) is 49.4 Å². The van der Waals surface area contributed by atoms with Crippen LogP contribution in [0.5, 0.6) is 0 Å². The van der Waals surface area contributed by atoms with Gasteiger partial charge in [-0.2, -0.15) is 0 Å². The molecule has 0 aliphatic carbocycles.